The molecule has 0 amide bonds. The van der Waals surface area contributed by atoms with Gasteiger partial charge in [-0.15, -0.1) is 0 Å². The highest BCUT2D eigenvalue weighted by Gasteiger charge is 2.22. The van der Waals surface area contributed by atoms with Crippen LogP contribution in [0.25, 0.3) is 0 Å². The lowest BCUT2D eigenvalue weighted by molar-refractivity contribution is 0.338. The van der Waals surface area contributed by atoms with Gasteiger partial charge in [-0.25, -0.2) is 4.98 Å². The lowest BCUT2D eigenvalue weighted by Gasteiger charge is -2.30. The number of anilines is 1. The van der Waals surface area contributed by atoms with Crippen LogP contribution in [0, 0.1) is 0 Å². The summed E-state index contributed by atoms with van der Waals surface area (Å²) in [4.78, 5) is 4.34. The summed E-state index contributed by atoms with van der Waals surface area (Å²) in [5.74, 6) is 1.60. The Morgan fingerprint density at radius 1 is 1.47 bits per heavy atom. The number of pyridine rings is 1. The van der Waals surface area contributed by atoms with Crippen molar-refractivity contribution in [3.8, 4) is 5.75 Å². The van der Waals surface area contributed by atoms with Crippen LogP contribution in [0.3, 0.4) is 0 Å². The third-order valence-corrected chi connectivity index (χ3v) is 2.97. The standard InChI is InChI=1S/C13H23N3O/c1-4-13(3,8-9-14)16-12-11(17-5-2)7-6-10-15-12/h6-7,10H,4-5,8-9,14H2,1-3H3,(H,15,16). The molecule has 17 heavy (non-hydrogen) atoms. The quantitative estimate of drug-likeness (QED) is 0.764. The van der Waals surface area contributed by atoms with Crippen molar-refractivity contribution in [3.63, 3.8) is 0 Å². The van der Waals surface area contributed by atoms with E-state index in [2.05, 4.69) is 24.1 Å². The van der Waals surface area contributed by atoms with Crippen molar-refractivity contribution in [2.45, 2.75) is 39.2 Å². The molecular formula is C13H23N3O. The Morgan fingerprint density at radius 2 is 2.24 bits per heavy atom. The number of nitrogens with zero attached hydrogens (tertiary/aromatic N) is 1. The summed E-state index contributed by atoms with van der Waals surface area (Å²) in [6, 6.07) is 3.81. The third-order valence-electron chi connectivity index (χ3n) is 2.97. The lowest BCUT2D eigenvalue weighted by Crippen LogP contribution is -2.36. The van der Waals surface area contributed by atoms with Crippen molar-refractivity contribution in [1.29, 1.82) is 0 Å². The van der Waals surface area contributed by atoms with Crippen molar-refractivity contribution in [3.05, 3.63) is 18.3 Å². The zero-order chi connectivity index (χ0) is 12.7. The maximum absolute atomic E-state index is 5.65. The molecule has 4 nitrogen and oxygen atoms in total. The van der Waals surface area contributed by atoms with Gasteiger partial charge < -0.3 is 15.8 Å². The van der Waals surface area contributed by atoms with Crippen LogP contribution < -0.4 is 15.8 Å². The van der Waals surface area contributed by atoms with Gasteiger partial charge in [0, 0.05) is 11.7 Å². The molecule has 0 aliphatic rings. The van der Waals surface area contributed by atoms with Gasteiger partial charge in [0.15, 0.2) is 11.6 Å². The molecule has 1 unspecified atom stereocenters. The number of nitrogens with one attached hydrogen (secondary N) is 1. The van der Waals surface area contributed by atoms with Crippen molar-refractivity contribution >= 4 is 5.82 Å². The summed E-state index contributed by atoms with van der Waals surface area (Å²) in [5, 5.41) is 3.44. The first-order valence-electron chi connectivity index (χ1n) is 6.21. The minimum absolute atomic E-state index is 0.0328. The second-order valence-corrected chi connectivity index (χ2v) is 4.36. The highest BCUT2D eigenvalue weighted by molar-refractivity contribution is 5.51. The average molecular weight is 237 g/mol. The highest BCUT2D eigenvalue weighted by Crippen LogP contribution is 2.27. The topological polar surface area (TPSA) is 60.2 Å². The first-order chi connectivity index (χ1) is 8.15. The van der Waals surface area contributed by atoms with Crippen molar-refractivity contribution in [1.82, 2.24) is 4.98 Å². The molecule has 0 radical (unpaired) electrons. The van der Waals surface area contributed by atoms with Gasteiger partial charge in [-0.2, -0.15) is 0 Å². The summed E-state index contributed by atoms with van der Waals surface area (Å²) in [5.41, 5.74) is 5.62. The van der Waals surface area contributed by atoms with Gasteiger partial charge in [-0.3, -0.25) is 0 Å². The smallest absolute Gasteiger partial charge is 0.169 e. The normalized spacial score (nSPS) is 14.1. The zero-order valence-electron chi connectivity index (χ0n) is 11.0. The number of aromatic nitrogens is 1. The molecule has 4 heteroatoms. The fourth-order valence-corrected chi connectivity index (χ4v) is 1.69. The Morgan fingerprint density at radius 3 is 2.82 bits per heavy atom. The SMILES string of the molecule is CCOc1cccnc1NC(C)(CC)CCN. The Kier molecular flexibility index (Phi) is 5.22. The van der Waals surface area contributed by atoms with Gasteiger partial charge in [0.25, 0.3) is 0 Å². The maximum Gasteiger partial charge on any atom is 0.169 e. The van der Waals surface area contributed by atoms with Crippen molar-refractivity contribution in [2.24, 2.45) is 5.73 Å². The minimum atomic E-state index is -0.0328. The molecule has 1 atom stereocenters. The number of ether oxygens (including phenoxy) is 1. The second-order valence-electron chi connectivity index (χ2n) is 4.36. The van der Waals surface area contributed by atoms with Crippen LogP contribution in [-0.2, 0) is 0 Å². The maximum atomic E-state index is 5.65. The van der Waals surface area contributed by atoms with E-state index in [4.69, 9.17) is 10.5 Å². The summed E-state index contributed by atoms with van der Waals surface area (Å²) >= 11 is 0. The molecule has 96 valence electrons. The van der Waals surface area contributed by atoms with Gasteiger partial charge in [-0.1, -0.05) is 6.92 Å². The molecule has 0 aliphatic carbocycles. The van der Waals surface area contributed by atoms with Crippen LogP contribution in [0.1, 0.15) is 33.6 Å². The van der Waals surface area contributed by atoms with Crippen LogP contribution in [0.4, 0.5) is 5.82 Å². The summed E-state index contributed by atoms with van der Waals surface area (Å²) in [6.07, 6.45) is 3.67. The number of hydrogen-bond acceptors (Lipinski definition) is 4. The van der Waals surface area contributed by atoms with Gasteiger partial charge in [0.05, 0.1) is 6.61 Å². The molecule has 0 saturated carbocycles. The molecule has 3 N–H and O–H groups in total. The third kappa shape index (κ3) is 3.89. The van der Waals surface area contributed by atoms with E-state index in [1.165, 1.54) is 0 Å². The minimum Gasteiger partial charge on any atom is -0.490 e. The van der Waals surface area contributed by atoms with Gasteiger partial charge in [0.2, 0.25) is 0 Å². The van der Waals surface area contributed by atoms with Crippen molar-refractivity contribution < 1.29 is 4.74 Å². The molecule has 0 fully saturated rings. The highest BCUT2D eigenvalue weighted by atomic mass is 16.5. The molecule has 0 aliphatic heterocycles. The van der Waals surface area contributed by atoms with Crippen LogP contribution in [0.15, 0.2) is 18.3 Å². The Balaban J connectivity index is 2.85. The first kappa shape index (κ1) is 13.8. The Hall–Kier alpha value is -1.29. The predicted octanol–water partition coefficient (Wildman–Crippen LogP) is 2.41. The van der Waals surface area contributed by atoms with Crippen LogP contribution in [0.5, 0.6) is 5.75 Å². The van der Waals surface area contributed by atoms with Crippen LogP contribution in [-0.4, -0.2) is 23.7 Å². The second kappa shape index (κ2) is 6.45. The molecule has 0 bridgehead atoms. The zero-order valence-corrected chi connectivity index (χ0v) is 11.0. The summed E-state index contributed by atoms with van der Waals surface area (Å²) < 4.78 is 5.55. The van der Waals surface area contributed by atoms with E-state index in [1.807, 2.05) is 19.1 Å². The van der Waals surface area contributed by atoms with E-state index in [9.17, 15) is 0 Å². The molecule has 0 aromatic carbocycles. The molecule has 0 spiro atoms. The molecule has 1 heterocycles. The van der Waals surface area contributed by atoms with Crippen LogP contribution in [0.2, 0.25) is 0 Å². The number of hydrogen-bond donors (Lipinski definition) is 2. The van der Waals surface area contributed by atoms with Gasteiger partial charge >= 0.3 is 0 Å². The first-order valence-corrected chi connectivity index (χ1v) is 6.21. The molecule has 1 aromatic heterocycles. The van der Waals surface area contributed by atoms with E-state index in [0.29, 0.717) is 13.2 Å². The monoisotopic (exact) mass is 237 g/mol. The number of nitrogens with two attached hydrogens (primary N) is 1. The average Bonchev–Trinajstić information content (AvgIpc) is 2.32. The fourth-order valence-electron chi connectivity index (χ4n) is 1.69. The number of rotatable bonds is 7. The van der Waals surface area contributed by atoms with E-state index in [0.717, 1.165) is 24.4 Å². The Bertz CT molecular complexity index is 343. The summed E-state index contributed by atoms with van der Waals surface area (Å²) in [7, 11) is 0. The largest absolute Gasteiger partial charge is 0.490 e. The molecule has 1 aromatic rings. The van der Waals surface area contributed by atoms with E-state index in [-0.39, 0.29) is 5.54 Å². The molecular weight excluding hydrogens is 214 g/mol. The van der Waals surface area contributed by atoms with Gasteiger partial charge in [0.1, 0.15) is 0 Å². The van der Waals surface area contributed by atoms with E-state index in [1.54, 1.807) is 6.20 Å². The van der Waals surface area contributed by atoms with E-state index < -0.39 is 0 Å². The summed E-state index contributed by atoms with van der Waals surface area (Å²) in [6.45, 7) is 7.57. The Labute approximate surface area is 104 Å². The predicted molar refractivity (Wildman–Crippen MR) is 71.4 cm³/mol. The fraction of sp³-hybridized carbons (Fsp3) is 0.615. The molecule has 1 rings (SSSR count). The van der Waals surface area contributed by atoms with E-state index >= 15 is 0 Å². The molecule has 0 saturated heterocycles. The van der Waals surface area contributed by atoms with Crippen LogP contribution >= 0.6 is 0 Å². The van der Waals surface area contributed by atoms with Crippen molar-refractivity contribution in [2.75, 3.05) is 18.5 Å². The van der Waals surface area contributed by atoms with Gasteiger partial charge in [-0.05, 0) is 45.4 Å². The lowest BCUT2D eigenvalue weighted by atomic mass is 9.94.